The number of morpholine rings is 1. The number of nitrogen functional groups attached to an aromatic ring is 1. The molecule has 4 atom stereocenters. The van der Waals surface area contributed by atoms with Gasteiger partial charge in [-0.25, -0.2) is 0 Å². The first-order valence-electron chi connectivity index (χ1n) is 15.7. The Labute approximate surface area is 274 Å². The number of hydrogen-bond donors (Lipinski definition) is 4. The van der Waals surface area contributed by atoms with E-state index < -0.39 is 17.9 Å². The first-order chi connectivity index (χ1) is 22.5. The topological polar surface area (TPSA) is 141 Å². The minimum Gasteiger partial charge on any atom is -0.384 e. The van der Waals surface area contributed by atoms with Crippen LogP contribution < -0.4 is 16.4 Å². The molecule has 246 valence electrons. The highest BCUT2D eigenvalue weighted by molar-refractivity contribution is 7.10. The van der Waals surface area contributed by atoms with Crippen molar-refractivity contribution in [3.63, 3.8) is 0 Å². The summed E-state index contributed by atoms with van der Waals surface area (Å²) in [7, 11) is 0. The van der Waals surface area contributed by atoms with E-state index >= 15 is 8.78 Å². The second kappa shape index (κ2) is 11.8. The summed E-state index contributed by atoms with van der Waals surface area (Å²) < 4.78 is 35.5. The number of amidine groups is 1. The summed E-state index contributed by atoms with van der Waals surface area (Å²) in [4.78, 5) is 45.6. The number of nitrogens with two attached hydrogens (primary N) is 1. The molecule has 3 heterocycles. The number of nitrogens with one attached hydrogen (secondary N) is 3. The molecule has 0 unspecified atom stereocenters. The van der Waals surface area contributed by atoms with Gasteiger partial charge in [0.15, 0.2) is 0 Å². The van der Waals surface area contributed by atoms with Crippen molar-refractivity contribution in [1.82, 2.24) is 20.4 Å². The number of fused-ring (bicyclic) bond motifs is 4. The van der Waals surface area contributed by atoms with Gasteiger partial charge in [-0.3, -0.25) is 24.7 Å². The number of rotatable bonds is 9. The number of carbonyl (C=O) groups excluding carboxylic acids is 3. The number of amides is 3. The predicted octanol–water partition coefficient (Wildman–Crippen LogP) is 3.45. The summed E-state index contributed by atoms with van der Waals surface area (Å²) in [6.45, 7) is 5.15. The van der Waals surface area contributed by atoms with Gasteiger partial charge in [-0.1, -0.05) is 30.3 Å². The summed E-state index contributed by atoms with van der Waals surface area (Å²) in [5.41, 5.74) is 6.58. The van der Waals surface area contributed by atoms with E-state index in [1.54, 1.807) is 34.5 Å². The molecule has 1 saturated carbocycles. The molecule has 2 saturated heterocycles. The number of ether oxygens (including phenoxy) is 1. The Bertz CT molecular complexity index is 1770. The molecule has 1 aromatic heterocycles. The lowest BCUT2D eigenvalue weighted by Crippen LogP contribution is -2.51. The van der Waals surface area contributed by atoms with Crippen LogP contribution in [0.15, 0.2) is 53.9 Å². The van der Waals surface area contributed by atoms with Gasteiger partial charge >= 0.3 is 0 Å². The maximum absolute atomic E-state index is 15.0. The van der Waals surface area contributed by atoms with E-state index in [-0.39, 0.29) is 58.4 Å². The lowest BCUT2D eigenvalue weighted by atomic mass is 9.97. The molecule has 13 heteroatoms. The average Bonchev–Trinajstić information content (AvgIpc) is 3.35. The first kappa shape index (κ1) is 31.4. The van der Waals surface area contributed by atoms with E-state index in [4.69, 9.17) is 15.9 Å². The van der Waals surface area contributed by atoms with Crippen LogP contribution in [-0.4, -0.2) is 84.8 Å². The number of halogens is 2. The molecule has 2 aliphatic heterocycles. The number of alkyl halides is 2. The van der Waals surface area contributed by atoms with Crippen molar-refractivity contribution in [3.05, 3.63) is 81.0 Å². The molecule has 47 heavy (non-hydrogen) atoms. The third-order valence-electron chi connectivity index (χ3n) is 9.94. The number of piperidine rings is 1. The van der Waals surface area contributed by atoms with Gasteiger partial charge in [-0.15, -0.1) is 11.3 Å². The van der Waals surface area contributed by atoms with Gasteiger partial charge in [0.05, 0.1) is 25.8 Å². The van der Waals surface area contributed by atoms with E-state index in [1.165, 1.54) is 35.6 Å². The summed E-state index contributed by atoms with van der Waals surface area (Å²) in [5.74, 6) is -4.41. The molecule has 3 fully saturated rings. The summed E-state index contributed by atoms with van der Waals surface area (Å²) in [6, 6.07) is 10.9. The standard InChI is InChI=1S/C34H36F2N6O4S/c1-19(27-13-21(17-47-27)30(37)38)40-32(45)26-14-33(18-41-8-10-46-11-9-41)15-28(33)42(26)29(43)16-39-31(44)20-6-7-25-23(12-20)22-4-2-3-5-24(22)34(25,35)36/h2-7,12-13,17,19,26,28H,8-11,14-16,18H2,1H3,(H3,37,38)(H,39,44)(H,40,45)/t19-,26+,28+,33-/m1/s1. The van der Waals surface area contributed by atoms with Crippen LogP contribution in [0.1, 0.15) is 57.7 Å². The number of likely N-dealkylation sites (tertiary alicyclic amines) is 1. The molecule has 10 nitrogen and oxygen atoms in total. The molecule has 2 aromatic carbocycles. The van der Waals surface area contributed by atoms with Crippen LogP contribution in [0, 0.1) is 10.8 Å². The third-order valence-corrected chi connectivity index (χ3v) is 11.1. The molecular formula is C34H36F2N6O4S. The molecule has 7 rings (SSSR count). The van der Waals surface area contributed by atoms with Crippen molar-refractivity contribution in [2.24, 2.45) is 11.1 Å². The molecule has 0 radical (unpaired) electrons. The summed E-state index contributed by atoms with van der Waals surface area (Å²) in [6.07, 6.45) is 1.28. The third kappa shape index (κ3) is 5.59. The highest BCUT2D eigenvalue weighted by Gasteiger charge is 2.67. The monoisotopic (exact) mass is 662 g/mol. The van der Waals surface area contributed by atoms with Crippen LogP contribution in [0.2, 0.25) is 0 Å². The lowest BCUT2D eigenvalue weighted by Gasteiger charge is -2.30. The van der Waals surface area contributed by atoms with Gasteiger partial charge in [-0.05, 0) is 49.1 Å². The van der Waals surface area contributed by atoms with E-state index in [2.05, 4.69) is 15.5 Å². The molecular weight excluding hydrogens is 626 g/mol. The van der Waals surface area contributed by atoms with Gasteiger partial charge < -0.3 is 26.0 Å². The first-order valence-corrected chi connectivity index (χ1v) is 16.6. The Hall–Kier alpha value is -4.20. The fraction of sp³-hybridized carbons (Fsp3) is 0.412. The molecule has 3 amide bonds. The average molecular weight is 663 g/mol. The highest BCUT2D eigenvalue weighted by atomic mass is 32.1. The van der Waals surface area contributed by atoms with Crippen LogP contribution >= 0.6 is 11.3 Å². The normalized spacial score (nSPS) is 24.5. The van der Waals surface area contributed by atoms with E-state index in [9.17, 15) is 14.4 Å². The smallest absolute Gasteiger partial charge is 0.299 e. The number of hydrogen-bond acceptors (Lipinski definition) is 7. The zero-order valence-corrected chi connectivity index (χ0v) is 26.7. The van der Waals surface area contributed by atoms with Crippen molar-refractivity contribution >= 4 is 34.9 Å². The summed E-state index contributed by atoms with van der Waals surface area (Å²) in [5, 5.41) is 15.2. The van der Waals surface area contributed by atoms with Crippen LogP contribution in [-0.2, 0) is 20.2 Å². The second-order valence-corrected chi connectivity index (χ2v) is 13.9. The maximum atomic E-state index is 15.0. The van der Waals surface area contributed by atoms with Crippen LogP contribution in [0.3, 0.4) is 0 Å². The molecule has 5 N–H and O–H groups in total. The fourth-order valence-electron chi connectivity index (χ4n) is 7.42. The van der Waals surface area contributed by atoms with Gasteiger partial charge in [0.1, 0.15) is 11.9 Å². The van der Waals surface area contributed by atoms with Gasteiger partial charge in [0.2, 0.25) is 11.8 Å². The van der Waals surface area contributed by atoms with Crippen molar-refractivity contribution in [2.75, 3.05) is 39.4 Å². The minimum absolute atomic E-state index is 0.0478. The van der Waals surface area contributed by atoms with Crippen LogP contribution in [0.25, 0.3) is 11.1 Å². The SMILES string of the molecule is C[C@@H](NC(=O)[C@@H]1C[C@]2(CN3CCOCC3)C[C@@H]2N1C(=O)CNC(=O)c1ccc2c(c1)-c1ccccc1C2(F)F)c1cc(C(=N)N)cs1. The Balaban J connectivity index is 1.06. The Morgan fingerprint density at radius 3 is 2.55 bits per heavy atom. The number of carbonyl (C=O) groups is 3. The molecule has 0 spiro atoms. The van der Waals surface area contributed by atoms with Gasteiger partial charge in [-0.2, -0.15) is 8.78 Å². The molecule has 3 aromatic rings. The van der Waals surface area contributed by atoms with Crippen LogP contribution in [0.4, 0.5) is 8.78 Å². The van der Waals surface area contributed by atoms with Crippen molar-refractivity contribution in [1.29, 1.82) is 5.41 Å². The lowest BCUT2D eigenvalue weighted by molar-refractivity contribution is -0.139. The van der Waals surface area contributed by atoms with Crippen molar-refractivity contribution in [2.45, 2.75) is 43.8 Å². The van der Waals surface area contributed by atoms with Crippen molar-refractivity contribution < 1.29 is 27.9 Å². The fourth-order valence-corrected chi connectivity index (χ4v) is 8.33. The highest BCUT2D eigenvalue weighted by Crippen LogP contribution is 2.60. The number of thiophene rings is 1. The summed E-state index contributed by atoms with van der Waals surface area (Å²) >= 11 is 1.40. The number of benzene rings is 2. The van der Waals surface area contributed by atoms with E-state index in [0.29, 0.717) is 36.3 Å². The Morgan fingerprint density at radius 2 is 1.81 bits per heavy atom. The Kier molecular flexibility index (Phi) is 7.88. The molecule has 2 aliphatic carbocycles. The number of nitrogens with zero attached hydrogens (tertiary/aromatic N) is 2. The molecule has 0 bridgehead atoms. The predicted molar refractivity (Wildman–Crippen MR) is 172 cm³/mol. The zero-order chi connectivity index (χ0) is 33.1. The minimum atomic E-state index is -3.16. The largest absolute Gasteiger partial charge is 0.384 e. The second-order valence-electron chi connectivity index (χ2n) is 12.9. The van der Waals surface area contributed by atoms with Crippen molar-refractivity contribution in [3.8, 4) is 11.1 Å². The van der Waals surface area contributed by atoms with E-state index in [1.807, 2.05) is 6.92 Å². The maximum Gasteiger partial charge on any atom is 0.299 e. The van der Waals surface area contributed by atoms with Gasteiger partial charge in [0, 0.05) is 63.6 Å². The van der Waals surface area contributed by atoms with Gasteiger partial charge in [0.25, 0.3) is 11.8 Å². The van der Waals surface area contributed by atoms with Crippen LogP contribution in [0.5, 0.6) is 0 Å². The zero-order valence-electron chi connectivity index (χ0n) is 25.9. The quantitative estimate of drug-likeness (QED) is 0.205. The van der Waals surface area contributed by atoms with E-state index in [0.717, 1.165) is 30.9 Å². The molecule has 4 aliphatic rings. The Morgan fingerprint density at radius 1 is 1.06 bits per heavy atom.